The van der Waals surface area contributed by atoms with E-state index in [9.17, 15) is 4.79 Å². The van der Waals surface area contributed by atoms with Crippen LogP contribution >= 0.6 is 11.6 Å². The van der Waals surface area contributed by atoms with Crippen LogP contribution in [0.3, 0.4) is 0 Å². The van der Waals surface area contributed by atoms with E-state index >= 15 is 0 Å². The Balaban J connectivity index is 2.58. The molecule has 0 saturated heterocycles. The van der Waals surface area contributed by atoms with Gasteiger partial charge in [-0.25, -0.2) is 0 Å². The van der Waals surface area contributed by atoms with E-state index in [1.54, 1.807) is 6.92 Å². The summed E-state index contributed by atoms with van der Waals surface area (Å²) in [4.78, 5) is 11.0. The zero-order valence-corrected chi connectivity index (χ0v) is 9.64. The number of carbonyl (C=O) groups excluding carboxylic acids is 1. The van der Waals surface area contributed by atoms with Gasteiger partial charge in [-0.1, -0.05) is 41.9 Å². The summed E-state index contributed by atoms with van der Waals surface area (Å²) in [5.41, 5.74) is 1.87. The number of rotatable bonds is 4. The van der Waals surface area contributed by atoms with Gasteiger partial charge in [0, 0.05) is 19.2 Å². The first-order valence-electron chi connectivity index (χ1n) is 4.76. The summed E-state index contributed by atoms with van der Waals surface area (Å²) in [6.45, 7) is 3.93. The van der Waals surface area contributed by atoms with E-state index in [1.807, 2.05) is 30.3 Å². The zero-order chi connectivity index (χ0) is 11.3. The van der Waals surface area contributed by atoms with Crippen LogP contribution in [0.25, 0.3) is 0 Å². The predicted molar refractivity (Wildman–Crippen MR) is 62.5 cm³/mol. The lowest BCUT2D eigenvalue weighted by Gasteiger charge is -2.07. The first-order chi connectivity index (χ1) is 7.11. The highest BCUT2D eigenvalue weighted by molar-refractivity contribution is 6.42. The Morgan fingerprint density at radius 2 is 1.87 bits per heavy atom. The average Bonchev–Trinajstić information content (AvgIpc) is 2.26. The standard InChI is InChI=1S/C12H14ClNO/c1-9(12(13)10(2)15)14-8-11-6-4-3-5-7-11/h3-7,14H,8H2,1-2H3. The molecule has 0 aromatic heterocycles. The van der Waals surface area contributed by atoms with E-state index < -0.39 is 0 Å². The van der Waals surface area contributed by atoms with Crippen LogP contribution in [0.2, 0.25) is 0 Å². The molecule has 2 nitrogen and oxygen atoms in total. The molecule has 1 aromatic carbocycles. The van der Waals surface area contributed by atoms with Crippen molar-refractivity contribution in [1.82, 2.24) is 5.32 Å². The van der Waals surface area contributed by atoms with Crippen LogP contribution in [0.4, 0.5) is 0 Å². The number of nitrogens with one attached hydrogen (secondary N) is 1. The maximum Gasteiger partial charge on any atom is 0.172 e. The van der Waals surface area contributed by atoms with Crippen molar-refractivity contribution < 1.29 is 4.79 Å². The maximum absolute atomic E-state index is 11.0. The molecule has 1 rings (SSSR count). The second kappa shape index (κ2) is 5.56. The van der Waals surface area contributed by atoms with Crippen molar-refractivity contribution in [1.29, 1.82) is 0 Å². The molecule has 0 amide bonds. The Morgan fingerprint density at radius 1 is 1.27 bits per heavy atom. The zero-order valence-electron chi connectivity index (χ0n) is 8.88. The molecule has 80 valence electrons. The highest BCUT2D eigenvalue weighted by Gasteiger charge is 2.03. The van der Waals surface area contributed by atoms with Gasteiger partial charge in [0.15, 0.2) is 5.78 Å². The Labute approximate surface area is 94.9 Å². The third kappa shape index (κ3) is 3.76. The molecule has 0 aliphatic carbocycles. The number of benzene rings is 1. The molecule has 0 heterocycles. The van der Waals surface area contributed by atoms with Crippen LogP contribution in [0.15, 0.2) is 41.1 Å². The van der Waals surface area contributed by atoms with E-state index in [-0.39, 0.29) is 10.8 Å². The molecular weight excluding hydrogens is 210 g/mol. The molecule has 0 spiro atoms. The van der Waals surface area contributed by atoms with Gasteiger partial charge in [-0.15, -0.1) is 0 Å². The van der Waals surface area contributed by atoms with Gasteiger partial charge in [0.2, 0.25) is 0 Å². The van der Waals surface area contributed by atoms with Crippen LogP contribution in [0.5, 0.6) is 0 Å². The monoisotopic (exact) mass is 223 g/mol. The normalized spacial score (nSPS) is 11.9. The summed E-state index contributed by atoms with van der Waals surface area (Å²) >= 11 is 5.80. The minimum atomic E-state index is -0.116. The largest absolute Gasteiger partial charge is 0.383 e. The molecule has 0 fully saturated rings. The lowest BCUT2D eigenvalue weighted by molar-refractivity contribution is -0.113. The van der Waals surface area contributed by atoms with Crippen LogP contribution < -0.4 is 5.32 Å². The molecule has 0 atom stereocenters. The topological polar surface area (TPSA) is 29.1 Å². The van der Waals surface area contributed by atoms with Gasteiger partial charge < -0.3 is 5.32 Å². The van der Waals surface area contributed by atoms with Gasteiger partial charge in [0.25, 0.3) is 0 Å². The lowest BCUT2D eigenvalue weighted by atomic mass is 10.2. The third-order valence-corrected chi connectivity index (χ3v) is 2.59. The number of allylic oxidation sites excluding steroid dienone is 2. The molecular formula is C12H14ClNO. The Hall–Kier alpha value is -1.28. The van der Waals surface area contributed by atoms with Crippen molar-refractivity contribution >= 4 is 17.4 Å². The molecule has 0 aliphatic rings. The summed E-state index contributed by atoms with van der Waals surface area (Å²) in [7, 11) is 0. The lowest BCUT2D eigenvalue weighted by Crippen LogP contribution is -2.13. The number of carbonyl (C=O) groups is 1. The molecule has 1 aromatic rings. The summed E-state index contributed by atoms with van der Waals surface area (Å²) in [6.07, 6.45) is 0. The number of Topliss-reactive ketones (excluding diaryl/α,β-unsaturated/α-hetero) is 1. The van der Waals surface area contributed by atoms with E-state index in [0.29, 0.717) is 12.2 Å². The van der Waals surface area contributed by atoms with Crippen molar-refractivity contribution in [2.24, 2.45) is 0 Å². The second-order valence-electron chi connectivity index (χ2n) is 3.33. The molecule has 0 radical (unpaired) electrons. The van der Waals surface area contributed by atoms with E-state index in [1.165, 1.54) is 6.92 Å². The highest BCUT2D eigenvalue weighted by Crippen LogP contribution is 2.08. The molecule has 1 N–H and O–H groups in total. The molecule has 15 heavy (non-hydrogen) atoms. The van der Waals surface area contributed by atoms with Crippen molar-refractivity contribution in [2.45, 2.75) is 20.4 Å². The molecule has 0 saturated carbocycles. The summed E-state index contributed by atoms with van der Waals surface area (Å²) in [5.74, 6) is -0.116. The maximum atomic E-state index is 11.0. The summed E-state index contributed by atoms with van der Waals surface area (Å²) < 4.78 is 0. The summed E-state index contributed by atoms with van der Waals surface area (Å²) in [5, 5.41) is 3.38. The van der Waals surface area contributed by atoms with Gasteiger partial charge in [0.1, 0.15) is 5.03 Å². The van der Waals surface area contributed by atoms with E-state index in [2.05, 4.69) is 5.32 Å². The van der Waals surface area contributed by atoms with Crippen LogP contribution in [0.1, 0.15) is 19.4 Å². The van der Waals surface area contributed by atoms with Gasteiger partial charge in [-0.2, -0.15) is 0 Å². The van der Waals surface area contributed by atoms with E-state index in [4.69, 9.17) is 11.6 Å². The Bertz CT molecular complexity index is 370. The quantitative estimate of drug-likeness (QED) is 0.796. The van der Waals surface area contributed by atoms with Crippen LogP contribution in [-0.4, -0.2) is 5.78 Å². The number of hydrogen-bond donors (Lipinski definition) is 1. The molecule has 0 aliphatic heterocycles. The van der Waals surface area contributed by atoms with Gasteiger partial charge >= 0.3 is 0 Å². The summed E-state index contributed by atoms with van der Waals surface area (Å²) in [6, 6.07) is 9.95. The molecule has 0 bridgehead atoms. The van der Waals surface area contributed by atoms with Gasteiger partial charge in [-0.3, -0.25) is 4.79 Å². The highest BCUT2D eigenvalue weighted by atomic mass is 35.5. The van der Waals surface area contributed by atoms with Gasteiger partial charge in [-0.05, 0) is 12.5 Å². The Morgan fingerprint density at radius 3 is 2.40 bits per heavy atom. The predicted octanol–water partition coefficient (Wildman–Crippen LogP) is 2.84. The van der Waals surface area contributed by atoms with Crippen molar-refractivity contribution in [3.8, 4) is 0 Å². The smallest absolute Gasteiger partial charge is 0.172 e. The molecule has 3 heteroatoms. The van der Waals surface area contributed by atoms with E-state index in [0.717, 1.165) is 5.56 Å². The number of halogens is 1. The minimum Gasteiger partial charge on any atom is -0.383 e. The fraction of sp³-hybridized carbons (Fsp3) is 0.250. The first kappa shape index (κ1) is 11.8. The number of hydrogen-bond acceptors (Lipinski definition) is 2. The molecule has 0 unspecified atom stereocenters. The fourth-order valence-corrected chi connectivity index (χ4v) is 1.24. The van der Waals surface area contributed by atoms with Crippen LogP contribution in [-0.2, 0) is 11.3 Å². The Kier molecular flexibility index (Phi) is 4.37. The van der Waals surface area contributed by atoms with Gasteiger partial charge in [0.05, 0.1) is 0 Å². The first-order valence-corrected chi connectivity index (χ1v) is 5.14. The second-order valence-corrected chi connectivity index (χ2v) is 3.71. The number of ketones is 1. The average molecular weight is 224 g/mol. The fourth-order valence-electron chi connectivity index (χ4n) is 1.17. The van der Waals surface area contributed by atoms with Crippen molar-refractivity contribution in [3.63, 3.8) is 0 Å². The SMILES string of the molecule is CC(=O)C(Cl)=C(C)NCc1ccccc1. The van der Waals surface area contributed by atoms with Crippen molar-refractivity contribution in [2.75, 3.05) is 0 Å². The van der Waals surface area contributed by atoms with Crippen LogP contribution in [0, 0.1) is 0 Å². The van der Waals surface area contributed by atoms with Crippen molar-refractivity contribution in [3.05, 3.63) is 46.6 Å². The minimum absolute atomic E-state index is 0.116. The third-order valence-electron chi connectivity index (χ3n) is 2.04.